The molecular formula is C29H29N3O5S. The fourth-order valence-corrected chi connectivity index (χ4v) is 6.02. The van der Waals surface area contributed by atoms with Crippen molar-refractivity contribution in [3.63, 3.8) is 0 Å². The summed E-state index contributed by atoms with van der Waals surface area (Å²) in [4.78, 5) is 29.4. The Bertz CT molecular complexity index is 1520. The summed E-state index contributed by atoms with van der Waals surface area (Å²) in [5.74, 6) is 1.40. The molecule has 0 unspecified atom stereocenters. The van der Waals surface area contributed by atoms with Gasteiger partial charge in [0.15, 0.2) is 11.5 Å². The van der Waals surface area contributed by atoms with Gasteiger partial charge in [-0.15, -0.1) is 0 Å². The van der Waals surface area contributed by atoms with Gasteiger partial charge in [-0.25, -0.2) is 0 Å². The quantitative estimate of drug-likeness (QED) is 0.372. The molecule has 1 atom stereocenters. The summed E-state index contributed by atoms with van der Waals surface area (Å²) in [5.41, 5.74) is 3.18. The summed E-state index contributed by atoms with van der Waals surface area (Å²) in [6.07, 6.45) is 0. The molecule has 3 aromatic carbocycles. The Balaban J connectivity index is 1.65. The van der Waals surface area contributed by atoms with Crippen LogP contribution >= 0.6 is 11.8 Å². The van der Waals surface area contributed by atoms with Crippen LogP contribution in [0, 0.1) is 0 Å². The van der Waals surface area contributed by atoms with Crippen molar-refractivity contribution in [2.45, 2.75) is 17.6 Å². The fourth-order valence-electron chi connectivity index (χ4n) is 4.95. The van der Waals surface area contributed by atoms with E-state index in [9.17, 15) is 9.59 Å². The number of nitrogens with one attached hydrogen (secondary N) is 1. The van der Waals surface area contributed by atoms with Gasteiger partial charge in [-0.3, -0.25) is 14.5 Å². The molecule has 2 amide bonds. The van der Waals surface area contributed by atoms with Crippen LogP contribution in [0.15, 0.2) is 71.8 Å². The Kier molecular flexibility index (Phi) is 7.20. The maximum absolute atomic E-state index is 14.1. The normalized spacial score (nSPS) is 15.1. The van der Waals surface area contributed by atoms with E-state index >= 15 is 0 Å². The van der Waals surface area contributed by atoms with Crippen molar-refractivity contribution in [3.05, 3.63) is 77.9 Å². The number of hydrogen-bond donors (Lipinski definition) is 1. The van der Waals surface area contributed by atoms with Crippen molar-refractivity contribution in [2.24, 2.45) is 7.05 Å². The van der Waals surface area contributed by atoms with E-state index in [4.69, 9.17) is 14.2 Å². The Hall–Kier alpha value is -4.11. The van der Waals surface area contributed by atoms with E-state index in [1.54, 1.807) is 44.4 Å². The fraction of sp³-hybridized carbons (Fsp3) is 0.241. The van der Waals surface area contributed by atoms with Gasteiger partial charge in [0.2, 0.25) is 11.8 Å². The zero-order valence-corrected chi connectivity index (χ0v) is 22.5. The van der Waals surface area contributed by atoms with Crippen LogP contribution in [-0.2, 0) is 23.2 Å². The highest BCUT2D eigenvalue weighted by Gasteiger charge is 2.40. The first-order valence-corrected chi connectivity index (χ1v) is 13.1. The highest BCUT2D eigenvalue weighted by atomic mass is 32.2. The van der Waals surface area contributed by atoms with E-state index in [2.05, 4.69) is 9.88 Å². The van der Waals surface area contributed by atoms with E-state index in [1.165, 1.54) is 11.8 Å². The smallest absolute Gasteiger partial charge is 0.248 e. The zero-order valence-electron chi connectivity index (χ0n) is 21.7. The van der Waals surface area contributed by atoms with Crippen LogP contribution < -0.4 is 24.4 Å². The molecule has 0 fully saturated rings. The number of aryl methyl sites for hydroxylation is 1. The van der Waals surface area contributed by atoms with Crippen molar-refractivity contribution in [2.75, 3.05) is 32.0 Å². The van der Waals surface area contributed by atoms with Gasteiger partial charge in [0.05, 0.1) is 32.1 Å². The Morgan fingerprint density at radius 3 is 2.42 bits per heavy atom. The second-order valence-corrected chi connectivity index (χ2v) is 9.78. The van der Waals surface area contributed by atoms with Crippen molar-refractivity contribution in [3.8, 4) is 17.2 Å². The van der Waals surface area contributed by atoms with E-state index in [0.717, 1.165) is 27.1 Å². The lowest BCUT2D eigenvalue weighted by atomic mass is 10.0. The number of fused-ring (bicyclic) bond motifs is 3. The molecule has 0 aliphatic carbocycles. The first-order chi connectivity index (χ1) is 18.5. The van der Waals surface area contributed by atoms with E-state index < -0.39 is 6.04 Å². The van der Waals surface area contributed by atoms with Gasteiger partial charge in [0.1, 0.15) is 11.8 Å². The molecule has 9 heteroatoms. The lowest BCUT2D eigenvalue weighted by Crippen LogP contribution is -2.43. The van der Waals surface area contributed by atoms with Crippen LogP contribution in [0.4, 0.5) is 5.69 Å². The molecule has 5 rings (SSSR count). The Morgan fingerprint density at radius 2 is 1.66 bits per heavy atom. The maximum atomic E-state index is 14.1. The van der Waals surface area contributed by atoms with Gasteiger partial charge < -0.3 is 24.1 Å². The van der Waals surface area contributed by atoms with Crippen molar-refractivity contribution in [1.29, 1.82) is 0 Å². The maximum Gasteiger partial charge on any atom is 0.248 e. The summed E-state index contributed by atoms with van der Waals surface area (Å²) in [6.45, 7) is 0.251. The van der Waals surface area contributed by atoms with Crippen LogP contribution in [0.2, 0.25) is 0 Å². The van der Waals surface area contributed by atoms with Gasteiger partial charge in [-0.05, 0) is 24.3 Å². The van der Waals surface area contributed by atoms with Crippen LogP contribution in [-0.4, -0.2) is 43.5 Å². The monoisotopic (exact) mass is 531 g/mol. The van der Waals surface area contributed by atoms with Crippen molar-refractivity contribution in [1.82, 2.24) is 9.88 Å². The highest BCUT2D eigenvalue weighted by Crippen LogP contribution is 2.44. The number of methoxy groups -OCH3 is 3. The third kappa shape index (κ3) is 4.43. The summed E-state index contributed by atoms with van der Waals surface area (Å²) in [7, 11) is 6.67. The standard InChI is InChI=1S/C29H29N3O5S/c1-31-21-11-7-6-10-20(21)26-27(28(34)30-16-18-9-5-8-12-22(18)35-2)32(25(33)17-38-29(26)31)19-13-14-23(36-3)24(15-19)37-4/h5-15,27H,16-17H2,1-4H3,(H,30,34)/t27-/m1/s1. The summed E-state index contributed by atoms with van der Waals surface area (Å²) in [5, 5.41) is 4.89. The number of rotatable bonds is 7. The number of nitrogens with zero attached hydrogens (tertiary/aromatic N) is 2. The molecule has 4 aromatic rings. The van der Waals surface area contributed by atoms with Crippen LogP contribution in [0.1, 0.15) is 17.2 Å². The largest absolute Gasteiger partial charge is 0.496 e. The average Bonchev–Trinajstić information content (AvgIpc) is 3.13. The van der Waals surface area contributed by atoms with Crippen LogP contribution in [0.3, 0.4) is 0 Å². The molecule has 196 valence electrons. The number of carbonyl (C=O) groups is 2. The lowest BCUT2D eigenvalue weighted by Gasteiger charge is -2.30. The SMILES string of the molecule is COc1ccccc1CNC(=O)[C@H]1c2c(n(C)c3ccccc23)SCC(=O)N1c1ccc(OC)c(OC)c1. The predicted octanol–water partition coefficient (Wildman–Crippen LogP) is 4.70. The zero-order chi connectivity index (χ0) is 26.8. The molecule has 0 spiro atoms. The molecular weight excluding hydrogens is 502 g/mol. The van der Waals surface area contributed by atoms with E-state index in [-0.39, 0.29) is 24.1 Å². The number of benzene rings is 3. The Labute approximate surface area is 225 Å². The summed E-state index contributed by atoms with van der Waals surface area (Å²) < 4.78 is 18.4. The number of para-hydroxylation sites is 2. The molecule has 38 heavy (non-hydrogen) atoms. The number of amides is 2. The first kappa shape index (κ1) is 25.5. The highest BCUT2D eigenvalue weighted by molar-refractivity contribution is 8.00. The molecule has 0 saturated heterocycles. The number of anilines is 1. The van der Waals surface area contributed by atoms with Crippen LogP contribution in [0.25, 0.3) is 10.9 Å². The van der Waals surface area contributed by atoms with E-state index in [0.29, 0.717) is 22.9 Å². The lowest BCUT2D eigenvalue weighted by molar-refractivity contribution is -0.125. The molecule has 0 bridgehead atoms. The molecule has 1 aliphatic rings. The van der Waals surface area contributed by atoms with Crippen molar-refractivity contribution < 1.29 is 23.8 Å². The number of aromatic nitrogens is 1. The van der Waals surface area contributed by atoms with E-state index in [1.807, 2.05) is 55.6 Å². The number of ether oxygens (including phenoxy) is 3. The average molecular weight is 532 g/mol. The topological polar surface area (TPSA) is 82.0 Å². The second-order valence-electron chi connectivity index (χ2n) is 8.82. The minimum Gasteiger partial charge on any atom is -0.496 e. The molecule has 0 radical (unpaired) electrons. The van der Waals surface area contributed by atoms with Gasteiger partial charge in [-0.1, -0.05) is 48.2 Å². The minimum atomic E-state index is -0.911. The summed E-state index contributed by atoms with van der Waals surface area (Å²) in [6, 6.07) is 19.8. The number of thioether (sulfide) groups is 1. The molecule has 0 saturated carbocycles. The Morgan fingerprint density at radius 1 is 0.947 bits per heavy atom. The molecule has 8 nitrogen and oxygen atoms in total. The number of hydrogen-bond acceptors (Lipinski definition) is 6. The molecule has 1 aromatic heterocycles. The molecule has 1 aliphatic heterocycles. The first-order valence-electron chi connectivity index (χ1n) is 12.1. The second kappa shape index (κ2) is 10.7. The summed E-state index contributed by atoms with van der Waals surface area (Å²) >= 11 is 1.44. The van der Waals surface area contributed by atoms with Crippen molar-refractivity contribution >= 4 is 40.2 Å². The number of carbonyl (C=O) groups excluding carboxylic acids is 2. The third-order valence-corrected chi connectivity index (χ3v) is 7.92. The molecule has 2 heterocycles. The van der Waals surface area contributed by atoms with Crippen LogP contribution in [0.5, 0.6) is 17.2 Å². The van der Waals surface area contributed by atoms with Gasteiger partial charge in [0, 0.05) is 47.4 Å². The minimum absolute atomic E-state index is 0.181. The predicted molar refractivity (Wildman–Crippen MR) is 148 cm³/mol. The van der Waals surface area contributed by atoms with Gasteiger partial charge in [0.25, 0.3) is 0 Å². The van der Waals surface area contributed by atoms with Gasteiger partial charge >= 0.3 is 0 Å². The molecule has 1 N–H and O–H groups in total. The van der Waals surface area contributed by atoms with Gasteiger partial charge in [-0.2, -0.15) is 0 Å². The third-order valence-electron chi connectivity index (χ3n) is 6.76.